The number of rotatable bonds is 7. The summed E-state index contributed by atoms with van der Waals surface area (Å²) in [7, 11) is 0. The van der Waals surface area contributed by atoms with Gasteiger partial charge in [0, 0.05) is 67.6 Å². The molecule has 3 aromatic carbocycles. The number of hydrogen-bond donors (Lipinski definition) is 1. The third kappa shape index (κ3) is 6.87. The van der Waals surface area contributed by atoms with Crippen LogP contribution in [-0.4, -0.2) is 89.3 Å². The van der Waals surface area contributed by atoms with E-state index in [-0.39, 0.29) is 24.3 Å². The van der Waals surface area contributed by atoms with Gasteiger partial charge in [-0.05, 0) is 37.1 Å². The summed E-state index contributed by atoms with van der Waals surface area (Å²) in [5, 5.41) is 2.74. The van der Waals surface area contributed by atoms with E-state index in [1.54, 1.807) is 24.3 Å². The molecule has 0 saturated carbocycles. The Labute approximate surface area is 258 Å². The molecule has 2 aliphatic rings. The molecule has 8 heteroatoms. The Balaban J connectivity index is 1.03. The zero-order valence-electron chi connectivity index (χ0n) is 24.8. The fraction of sp³-hybridized carbons (Fsp3) is 0.278. The number of piperidine rings is 1. The van der Waals surface area contributed by atoms with Crippen molar-refractivity contribution >= 4 is 17.7 Å². The third-order valence-electron chi connectivity index (χ3n) is 8.58. The van der Waals surface area contributed by atoms with Crippen molar-refractivity contribution in [3.05, 3.63) is 114 Å². The average Bonchev–Trinajstić information content (AvgIpc) is 3.11. The van der Waals surface area contributed by atoms with Gasteiger partial charge in [-0.1, -0.05) is 78.9 Å². The van der Waals surface area contributed by atoms with Crippen LogP contribution in [0.5, 0.6) is 0 Å². The summed E-state index contributed by atoms with van der Waals surface area (Å²) in [6.45, 7) is 4.28. The van der Waals surface area contributed by atoms with Crippen molar-refractivity contribution in [3.8, 4) is 22.5 Å². The predicted molar refractivity (Wildman–Crippen MR) is 171 cm³/mol. The van der Waals surface area contributed by atoms with Crippen LogP contribution >= 0.6 is 0 Å². The first kappa shape index (κ1) is 29.3. The highest BCUT2D eigenvalue weighted by Gasteiger charge is 2.31. The molecule has 1 N–H and O–H groups in total. The van der Waals surface area contributed by atoms with Crippen LogP contribution in [0, 0.1) is 0 Å². The Bertz CT molecular complexity index is 1520. The molecular formula is C36H37N5O3. The molecule has 6 rings (SSSR count). The highest BCUT2D eigenvalue weighted by molar-refractivity contribution is 5.97. The lowest BCUT2D eigenvalue weighted by molar-refractivity contribution is -0.131. The second-order valence-corrected chi connectivity index (χ2v) is 11.3. The number of nitrogens with zero attached hydrogens (tertiary/aromatic N) is 4. The lowest BCUT2D eigenvalue weighted by Crippen LogP contribution is -2.55. The van der Waals surface area contributed by atoms with Gasteiger partial charge < -0.3 is 15.1 Å². The molecule has 0 atom stereocenters. The van der Waals surface area contributed by atoms with Gasteiger partial charge >= 0.3 is 0 Å². The van der Waals surface area contributed by atoms with Crippen LogP contribution in [0.3, 0.4) is 0 Å². The first-order valence-corrected chi connectivity index (χ1v) is 15.3. The van der Waals surface area contributed by atoms with Gasteiger partial charge in [-0.25, -0.2) is 4.98 Å². The van der Waals surface area contributed by atoms with Gasteiger partial charge in [0.15, 0.2) is 0 Å². The van der Waals surface area contributed by atoms with E-state index in [9.17, 15) is 14.4 Å². The largest absolute Gasteiger partial charge is 0.343 e. The van der Waals surface area contributed by atoms with Gasteiger partial charge in [0.25, 0.3) is 11.8 Å². The van der Waals surface area contributed by atoms with E-state index >= 15 is 0 Å². The van der Waals surface area contributed by atoms with Gasteiger partial charge in [0.1, 0.15) is 0 Å². The highest BCUT2D eigenvalue weighted by atomic mass is 16.2. The SMILES string of the molecule is O=C(NCC(=O)N1CCC(N2CCN(C(=O)c3cc(-c4ccccc4)nc(-c4ccccc4)c3)CC2)CC1)c1ccccc1. The lowest BCUT2D eigenvalue weighted by atomic mass is 10.0. The number of benzene rings is 3. The quantitative estimate of drug-likeness (QED) is 0.342. The van der Waals surface area contributed by atoms with Crippen molar-refractivity contribution in [2.45, 2.75) is 18.9 Å². The number of piperazine rings is 1. The van der Waals surface area contributed by atoms with Crippen molar-refractivity contribution in [1.29, 1.82) is 0 Å². The number of aromatic nitrogens is 1. The molecule has 2 fully saturated rings. The molecule has 224 valence electrons. The van der Waals surface area contributed by atoms with E-state index in [2.05, 4.69) is 10.2 Å². The highest BCUT2D eigenvalue weighted by Crippen LogP contribution is 2.26. The minimum atomic E-state index is -0.236. The van der Waals surface area contributed by atoms with E-state index in [1.807, 2.05) is 88.7 Å². The molecule has 44 heavy (non-hydrogen) atoms. The summed E-state index contributed by atoms with van der Waals surface area (Å²) >= 11 is 0. The smallest absolute Gasteiger partial charge is 0.254 e. The van der Waals surface area contributed by atoms with Crippen molar-refractivity contribution < 1.29 is 14.4 Å². The van der Waals surface area contributed by atoms with E-state index in [1.165, 1.54) is 0 Å². The molecule has 2 saturated heterocycles. The van der Waals surface area contributed by atoms with E-state index < -0.39 is 0 Å². The first-order chi connectivity index (χ1) is 21.5. The zero-order valence-corrected chi connectivity index (χ0v) is 24.8. The maximum Gasteiger partial charge on any atom is 0.254 e. The number of hydrogen-bond acceptors (Lipinski definition) is 5. The van der Waals surface area contributed by atoms with Crippen LogP contribution in [0.15, 0.2) is 103 Å². The molecule has 2 aliphatic heterocycles. The Hall–Kier alpha value is -4.82. The number of carbonyl (C=O) groups is 3. The predicted octanol–water partition coefficient (Wildman–Crippen LogP) is 4.59. The van der Waals surface area contributed by atoms with Crippen LogP contribution < -0.4 is 5.32 Å². The number of likely N-dealkylation sites (tertiary alicyclic amines) is 1. The Morgan fingerprint density at radius 1 is 0.636 bits per heavy atom. The Kier molecular flexibility index (Phi) is 9.08. The van der Waals surface area contributed by atoms with Gasteiger partial charge in [0.05, 0.1) is 17.9 Å². The third-order valence-corrected chi connectivity index (χ3v) is 8.58. The van der Waals surface area contributed by atoms with Crippen molar-refractivity contribution in [3.63, 3.8) is 0 Å². The zero-order chi connectivity index (χ0) is 30.3. The van der Waals surface area contributed by atoms with Crippen molar-refractivity contribution in [1.82, 2.24) is 25.0 Å². The second-order valence-electron chi connectivity index (χ2n) is 11.3. The monoisotopic (exact) mass is 587 g/mol. The van der Waals surface area contributed by atoms with Crippen LogP contribution in [-0.2, 0) is 4.79 Å². The van der Waals surface area contributed by atoms with Gasteiger partial charge in [-0.3, -0.25) is 19.3 Å². The van der Waals surface area contributed by atoms with Crippen LogP contribution in [0.25, 0.3) is 22.5 Å². The van der Waals surface area contributed by atoms with E-state index in [0.29, 0.717) is 43.3 Å². The molecule has 3 amide bonds. The molecule has 8 nitrogen and oxygen atoms in total. The summed E-state index contributed by atoms with van der Waals surface area (Å²) in [6.07, 6.45) is 1.77. The first-order valence-electron chi connectivity index (χ1n) is 15.3. The molecule has 0 radical (unpaired) electrons. The van der Waals surface area contributed by atoms with Gasteiger partial charge in [0.2, 0.25) is 5.91 Å². The summed E-state index contributed by atoms with van der Waals surface area (Å²) in [4.78, 5) is 50.0. The number of carbonyl (C=O) groups excluding carboxylic acids is 3. The molecule has 1 aromatic heterocycles. The molecule has 4 aromatic rings. The van der Waals surface area contributed by atoms with Crippen LogP contribution in [0.1, 0.15) is 33.6 Å². The van der Waals surface area contributed by atoms with Crippen LogP contribution in [0.4, 0.5) is 0 Å². The van der Waals surface area contributed by atoms with Crippen molar-refractivity contribution in [2.24, 2.45) is 0 Å². The summed E-state index contributed by atoms with van der Waals surface area (Å²) in [5.74, 6) is -0.259. The molecule has 0 unspecified atom stereocenters. The Morgan fingerprint density at radius 2 is 1.16 bits per heavy atom. The standard InChI is InChI=1S/C36H37N5O3/c42-34(26-37-35(43)29-14-8-3-9-15-29)40-18-16-31(17-19-40)39-20-22-41(23-21-39)36(44)30-24-32(27-10-4-1-5-11-27)38-33(25-30)28-12-6-2-7-13-28/h1-15,24-25,31H,16-23,26H2,(H,37,43). The van der Waals surface area contributed by atoms with E-state index in [4.69, 9.17) is 4.98 Å². The van der Waals surface area contributed by atoms with Gasteiger partial charge in [-0.15, -0.1) is 0 Å². The topological polar surface area (TPSA) is 85.9 Å². The number of pyridine rings is 1. The van der Waals surface area contributed by atoms with E-state index in [0.717, 1.165) is 48.4 Å². The maximum absolute atomic E-state index is 13.8. The van der Waals surface area contributed by atoms with Crippen LogP contribution in [0.2, 0.25) is 0 Å². The fourth-order valence-corrected chi connectivity index (χ4v) is 6.08. The molecular weight excluding hydrogens is 550 g/mol. The van der Waals surface area contributed by atoms with Gasteiger partial charge in [-0.2, -0.15) is 0 Å². The Morgan fingerprint density at radius 3 is 1.70 bits per heavy atom. The van der Waals surface area contributed by atoms with Crippen molar-refractivity contribution in [2.75, 3.05) is 45.8 Å². The molecule has 0 bridgehead atoms. The maximum atomic E-state index is 13.8. The number of nitrogens with one attached hydrogen (secondary N) is 1. The minimum Gasteiger partial charge on any atom is -0.343 e. The number of amides is 3. The summed E-state index contributed by atoms with van der Waals surface area (Å²) in [6, 6.07) is 33.1. The summed E-state index contributed by atoms with van der Waals surface area (Å²) < 4.78 is 0. The summed E-state index contributed by atoms with van der Waals surface area (Å²) in [5.41, 5.74) is 4.73. The fourth-order valence-electron chi connectivity index (χ4n) is 6.08. The lowest BCUT2D eigenvalue weighted by Gasteiger charge is -2.42. The molecule has 0 spiro atoms. The second kappa shape index (κ2) is 13.7. The molecule has 3 heterocycles. The normalized spacial score (nSPS) is 16.0. The average molecular weight is 588 g/mol. The minimum absolute atomic E-state index is 0.00611. The molecule has 0 aliphatic carbocycles.